The number of amides is 2. The molecule has 0 radical (unpaired) electrons. The SMILES string of the molecule is COc1ccccc1C=CC(=O)NNC(=O)C(C)Oc1ccccc1F. The summed E-state index contributed by atoms with van der Waals surface area (Å²) in [6, 6.07) is 12.9. The molecule has 2 rings (SSSR count). The maximum absolute atomic E-state index is 13.5. The number of para-hydroxylation sites is 2. The number of halogens is 1. The highest BCUT2D eigenvalue weighted by Gasteiger charge is 2.16. The highest BCUT2D eigenvalue weighted by atomic mass is 19.1. The van der Waals surface area contributed by atoms with E-state index in [1.165, 1.54) is 38.3 Å². The summed E-state index contributed by atoms with van der Waals surface area (Å²) >= 11 is 0. The van der Waals surface area contributed by atoms with Crippen LogP contribution in [0.2, 0.25) is 0 Å². The number of ether oxygens (including phenoxy) is 2. The van der Waals surface area contributed by atoms with Gasteiger partial charge in [0.2, 0.25) is 0 Å². The molecule has 0 bridgehead atoms. The maximum atomic E-state index is 13.5. The second kappa shape index (κ2) is 9.22. The molecule has 1 unspecified atom stereocenters. The lowest BCUT2D eigenvalue weighted by Crippen LogP contribution is -2.46. The second-order valence-electron chi connectivity index (χ2n) is 5.24. The molecule has 0 saturated carbocycles. The first-order chi connectivity index (χ1) is 12.5. The molecule has 0 spiro atoms. The quantitative estimate of drug-likeness (QED) is 0.614. The topological polar surface area (TPSA) is 76.7 Å². The van der Waals surface area contributed by atoms with E-state index in [-0.39, 0.29) is 5.75 Å². The first-order valence-corrected chi connectivity index (χ1v) is 7.83. The van der Waals surface area contributed by atoms with E-state index in [1.807, 2.05) is 12.1 Å². The zero-order chi connectivity index (χ0) is 18.9. The molecule has 136 valence electrons. The van der Waals surface area contributed by atoms with E-state index >= 15 is 0 Å². The summed E-state index contributed by atoms with van der Waals surface area (Å²) in [5.74, 6) is -1.16. The Morgan fingerprint density at radius 3 is 2.38 bits per heavy atom. The number of benzene rings is 2. The number of nitrogens with one attached hydrogen (secondary N) is 2. The van der Waals surface area contributed by atoms with Crippen molar-refractivity contribution in [3.63, 3.8) is 0 Å². The first-order valence-electron chi connectivity index (χ1n) is 7.83. The number of hydrogen-bond acceptors (Lipinski definition) is 4. The van der Waals surface area contributed by atoms with E-state index in [2.05, 4.69) is 10.9 Å². The van der Waals surface area contributed by atoms with Crippen LogP contribution in [0, 0.1) is 5.82 Å². The van der Waals surface area contributed by atoms with Crippen molar-refractivity contribution < 1.29 is 23.5 Å². The van der Waals surface area contributed by atoms with Crippen LogP contribution in [-0.4, -0.2) is 25.0 Å². The molecule has 26 heavy (non-hydrogen) atoms. The lowest BCUT2D eigenvalue weighted by molar-refractivity contribution is -0.131. The molecule has 6 nitrogen and oxygen atoms in total. The monoisotopic (exact) mass is 358 g/mol. The number of hydrogen-bond donors (Lipinski definition) is 2. The van der Waals surface area contributed by atoms with E-state index in [0.717, 1.165) is 0 Å². The molecule has 0 aliphatic rings. The van der Waals surface area contributed by atoms with E-state index in [1.54, 1.807) is 24.3 Å². The van der Waals surface area contributed by atoms with Gasteiger partial charge in [-0.05, 0) is 31.2 Å². The van der Waals surface area contributed by atoms with Crippen molar-refractivity contribution in [2.45, 2.75) is 13.0 Å². The Kier molecular flexibility index (Phi) is 6.73. The molecule has 2 amide bonds. The van der Waals surface area contributed by atoms with Gasteiger partial charge in [-0.2, -0.15) is 0 Å². The molecule has 2 aromatic carbocycles. The lowest BCUT2D eigenvalue weighted by atomic mass is 10.2. The lowest BCUT2D eigenvalue weighted by Gasteiger charge is -2.15. The van der Waals surface area contributed by atoms with Crippen molar-refractivity contribution >= 4 is 17.9 Å². The summed E-state index contributed by atoms with van der Waals surface area (Å²) in [6.07, 6.45) is 1.81. The van der Waals surface area contributed by atoms with Gasteiger partial charge in [0.1, 0.15) is 5.75 Å². The van der Waals surface area contributed by atoms with Gasteiger partial charge in [-0.3, -0.25) is 20.4 Å². The highest BCUT2D eigenvalue weighted by molar-refractivity contribution is 5.93. The minimum Gasteiger partial charge on any atom is -0.496 e. The van der Waals surface area contributed by atoms with Gasteiger partial charge in [0.25, 0.3) is 11.8 Å². The molecular formula is C19H19FN2O4. The second-order valence-corrected chi connectivity index (χ2v) is 5.24. The van der Waals surface area contributed by atoms with E-state index in [0.29, 0.717) is 11.3 Å². The Hall–Kier alpha value is -3.35. The fourth-order valence-corrected chi connectivity index (χ4v) is 2.02. The highest BCUT2D eigenvalue weighted by Crippen LogP contribution is 2.18. The minimum atomic E-state index is -0.995. The number of carbonyl (C=O) groups is 2. The Morgan fingerprint density at radius 2 is 1.69 bits per heavy atom. The van der Waals surface area contributed by atoms with E-state index in [9.17, 15) is 14.0 Å². The third-order valence-electron chi connectivity index (χ3n) is 3.37. The van der Waals surface area contributed by atoms with Crippen LogP contribution in [0.4, 0.5) is 4.39 Å². The Labute approximate surface area is 150 Å². The van der Waals surface area contributed by atoms with Gasteiger partial charge in [0, 0.05) is 11.6 Å². The van der Waals surface area contributed by atoms with Crippen molar-refractivity contribution in [3.8, 4) is 11.5 Å². The van der Waals surface area contributed by atoms with Gasteiger partial charge in [-0.15, -0.1) is 0 Å². The van der Waals surface area contributed by atoms with Gasteiger partial charge in [-0.25, -0.2) is 4.39 Å². The van der Waals surface area contributed by atoms with Crippen LogP contribution in [0.1, 0.15) is 12.5 Å². The predicted molar refractivity (Wildman–Crippen MR) is 94.8 cm³/mol. The Bertz CT molecular complexity index is 808. The van der Waals surface area contributed by atoms with Crippen LogP contribution >= 0.6 is 0 Å². The Morgan fingerprint density at radius 1 is 1.04 bits per heavy atom. The van der Waals surface area contributed by atoms with Gasteiger partial charge in [-0.1, -0.05) is 30.3 Å². The molecule has 0 heterocycles. The van der Waals surface area contributed by atoms with Crippen LogP contribution < -0.4 is 20.3 Å². The summed E-state index contributed by atoms with van der Waals surface area (Å²) in [4.78, 5) is 23.7. The van der Waals surface area contributed by atoms with Crippen molar-refractivity contribution in [1.82, 2.24) is 10.9 Å². The summed E-state index contributed by atoms with van der Waals surface area (Å²) in [5.41, 5.74) is 5.17. The van der Waals surface area contributed by atoms with Crippen molar-refractivity contribution in [1.29, 1.82) is 0 Å². The van der Waals surface area contributed by atoms with E-state index < -0.39 is 23.7 Å². The Balaban J connectivity index is 1.85. The molecular weight excluding hydrogens is 339 g/mol. The molecule has 0 aromatic heterocycles. The summed E-state index contributed by atoms with van der Waals surface area (Å²) in [5, 5.41) is 0. The summed E-state index contributed by atoms with van der Waals surface area (Å²) < 4.78 is 23.9. The zero-order valence-electron chi connectivity index (χ0n) is 14.4. The van der Waals surface area contributed by atoms with Gasteiger partial charge in [0.05, 0.1) is 7.11 Å². The predicted octanol–water partition coefficient (Wildman–Crippen LogP) is 2.46. The molecule has 0 aliphatic heterocycles. The van der Waals surface area contributed by atoms with Crippen molar-refractivity contribution in [2.24, 2.45) is 0 Å². The van der Waals surface area contributed by atoms with Gasteiger partial charge >= 0.3 is 0 Å². The fourth-order valence-electron chi connectivity index (χ4n) is 2.02. The molecule has 0 aliphatic carbocycles. The number of carbonyl (C=O) groups excluding carboxylic acids is 2. The molecule has 7 heteroatoms. The van der Waals surface area contributed by atoms with Crippen molar-refractivity contribution in [2.75, 3.05) is 7.11 Å². The standard InChI is InChI=1S/C19H19FN2O4/c1-13(26-17-10-6-4-8-15(17)20)19(24)22-21-18(23)12-11-14-7-3-5-9-16(14)25-2/h3-13H,1-2H3,(H,21,23)(H,22,24). The van der Waals surface area contributed by atoms with Gasteiger partial charge in [0.15, 0.2) is 17.7 Å². The number of rotatable bonds is 6. The van der Waals surface area contributed by atoms with Crippen LogP contribution in [0.3, 0.4) is 0 Å². The molecule has 2 aromatic rings. The molecule has 2 N–H and O–H groups in total. The summed E-state index contributed by atoms with van der Waals surface area (Å²) in [6.45, 7) is 1.44. The zero-order valence-corrected chi connectivity index (χ0v) is 14.4. The largest absolute Gasteiger partial charge is 0.496 e. The van der Waals surface area contributed by atoms with Crippen LogP contribution in [0.25, 0.3) is 6.08 Å². The van der Waals surface area contributed by atoms with Gasteiger partial charge < -0.3 is 9.47 Å². The average molecular weight is 358 g/mol. The summed E-state index contributed by atoms with van der Waals surface area (Å²) in [7, 11) is 1.53. The van der Waals surface area contributed by atoms with E-state index in [4.69, 9.17) is 9.47 Å². The molecule has 0 saturated heterocycles. The third kappa shape index (κ3) is 5.34. The van der Waals surface area contributed by atoms with Crippen molar-refractivity contribution in [3.05, 3.63) is 66.0 Å². The molecule has 1 atom stereocenters. The maximum Gasteiger partial charge on any atom is 0.279 e. The third-order valence-corrected chi connectivity index (χ3v) is 3.37. The number of hydrazine groups is 1. The average Bonchev–Trinajstić information content (AvgIpc) is 2.66. The number of methoxy groups -OCH3 is 1. The smallest absolute Gasteiger partial charge is 0.279 e. The minimum absolute atomic E-state index is 0.0439. The fraction of sp³-hybridized carbons (Fsp3) is 0.158. The van der Waals surface area contributed by atoms with Crippen LogP contribution in [0.5, 0.6) is 11.5 Å². The van der Waals surface area contributed by atoms with Crippen LogP contribution in [0.15, 0.2) is 54.6 Å². The van der Waals surface area contributed by atoms with Crippen LogP contribution in [-0.2, 0) is 9.59 Å². The first kappa shape index (κ1) is 19.0. The normalized spacial score (nSPS) is 11.7. The molecule has 0 fully saturated rings.